The minimum atomic E-state index is -0.186. The smallest absolute Gasteiger partial charge is 0.228 e. The van der Waals surface area contributed by atoms with Crippen molar-refractivity contribution in [3.8, 4) is 17.2 Å². The highest BCUT2D eigenvalue weighted by Crippen LogP contribution is 2.38. The number of hydrogen-bond donors (Lipinski definition) is 1. The fourth-order valence-corrected chi connectivity index (χ4v) is 3.38. The van der Waals surface area contributed by atoms with E-state index in [9.17, 15) is 4.79 Å². The van der Waals surface area contributed by atoms with Crippen molar-refractivity contribution in [2.75, 3.05) is 18.5 Å². The monoisotopic (exact) mass is 424 g/mol. The highest BCUT2D eigenvalue weighted by atomic mass is 35.5. The zero-order valence-electron chi connectivity index (χ0n) is 16.3. The number of carbonyl (C=O) groups excluding carboxylic acids is 1. The molecule has 0 spiro atoms. The summed E-state index contributed by atoms with van der Waals surface area (Å²) in [6.45, 7) is 1.42. The standard InChI is InChI=1S/C23H21ClN2O4/c24-18-12-16(13-21-23(18)29-11-5-10-28-21)14-22(27)26-19-7-1-2-8-20(19)30-15-17-6-3-4-9-25-17/h1-4,6-9,12-13H,5,10-11,14-15H2,(H,26,27). The first kappa shape index (κ1) is 20.0. The molecule has 1 aliphatic rings. The number of aromatic nitrogens is 1. The van der Waals surface area contributed by atoms with Gasteiger partial charge in [-0.05, 0) is 42.0 Å². The molecule has 2 aromatic carbocycles. The molecule has 1 aromatic heterocycles. The van der Waals surface area contributed by atoms with Crippen LogP contribution in [0.3, 0.4) is 0 Å². The molecular formula is C23H21ClN2O4. The second-order valence-corrected chi connectivity index (χ2v) is 7.19. The van der Waals surface area contributed by atoms with E-state index < -0.39 is 0 Å². The summed E-state index contributed by atoms with van der Waals surface area (Å²) in [5.74, 6) is 1.50. The molecular weight excluding hydrogens is 404 g/mol. The van der Waals surface area contributed by atoms with Gasteiger partial charge in [0.25, 0.3) is 0 Å². The van der Waals surface area contributed by atoms with Crippen molar-refractivity contribution >= 4 is 23.2 Å². The summed E-state index contributed by atoms with van der Waals surface area (Å²) in [4.78, 5) is 16.9. The lowest BCUT2D eigenvalue weighted by Crippen LogP contribution is -2.15. The maximum absolute atomic E-state index is 12.7. The zero-order valence-corrected chi connectivity index (χ0v) is 17.0. The molecule has 0 saturated heterocycles. The number of pyridine rings is 1. The highest BCUT2D eigenvalue weighted by Gasteiger charge is 2.17. The number of amides is 1. The highest BCUT2D eigenvalue weighted by molar-refractivity contribution is 6.32. The SMILES string of the molecule is O=C(Cc1cc(Cl)c2c(c1)OCCCO2)Nc1ccccc1OCc1ccccn1. The van der Waals surface area contributed by atoms with Gasteiger partial charge in [0, 0.05) is 12.6 Å². The lowest BCUT2D eigenvalue weighted by molar-refractivity contribution is -0.115. The molecule has 0 fully saturated rings. The van der Waals surface area contributed by atoms with Crippen LogP contribution in [0.2, 0.25) is 5.02 Å². The molecule has 4 rings (SSSR count). The molecule has 1 amide bonds. The Morgan fingerprint density at radius 1 is 1.10 bits per heavy atom. The third-order valence-electron chi connectivity index (χ3n) is 4.49. The lowest BCUT2D eigenvalue weighted by atomic mass is 10.1. The van der Waals surface area contributed by atoms with Gasteiger partial charge in [-0.3, -0.25) is 9.78 Å². The van der Waals surface area contributed by atoms with Crippen LogP contribution in [-0.2, 0) is 17.8 Å². The van der Waals surface area contributed by atoms with Gasteiger partial charge in [0.2, 0.25) is 5.91 Å². The Hall–Kier alpha value is -3.25. The number of nitrogens with zero attached hydrogens (tertiary/aromatic N) is 1. The van der Waals surface area contributed by atoms with Crippen LogP contribution in [0.5, 0.6) is 17.2 Å². The molecule has 30 heavy (non-hydrogen) atoms. The topological polar surface area (TPSA) is 69.7 Å². The van der Waals surface area contributed by atoms with E-state index in [1.54, 1.807) is 24.4 Å². The van der Waals surface area contributed by atoms with Crippen molar-refractivity contribution < 1.29 is 19.0 Å². The van der Waals surface area contributed by atoms with Crippen molar-refractivity contribution in [3.63, 3.8) is 0 Å². The van der Waals surface area contributed by atoms with Crippen molar-refractivity contribution in [1.29, 1.82) is 0 Å². The minimum Gasteiger partial charge on any atom is -0.489 e. The van der Waals surface area contributed by atoms with Gasteiger partial charge in [0.05, 0.1) is 36.0 Å². The van der Waals surface area contributed by atoms with Crippen LogP contribution in [-0.4, -0.2) is 24.1 Å². The third kappa shape index (κ3) is 5.02. The van der Waals surface area contributed by atoms with Crippen LogP contribution in [0, 0.1) is 0 Å². The summed E-state index contributed by atoms with van der Waals surface area (Å²) in [5, 5.41) is 3.35. The van der Waals surface area contributed by atoms with Crippen molar-refractivity contribution in [2.24, 2.45) is 0 Å². The van der Waals surface area contributed by atoms with Crippen molar-refractivity contribution in [2.45, 2.75) is 19.4 Å². The van der Waals surface area contributed by atoms with Crippen LogP contribution in [0.25, 0.3) is 0 Å². The molecule has 1 aliphatic heterocycles. The van der Waals surface area contributed by atoms with Gasteiger partial charge in [0.15, 0.2) is 11.5 Å². The molecule has 6 nitrogen and oxygen atoms in total. The van der Waals surface area contributed by atoms with Gasteiger partial charge in [-0.2, -0.15) is 0 Å². The first-order valence-electron chi connectivity index (χ1n) is 9.68. The molecule has 0 aliphatic carbocycles. The van der Waals surface area contributed by atoms with E-state index in [1.807, 2.05) is 36.4 Å². The molecule has 0 atom stereocenters. The summed E-state index contributed by atoms with van der Waals surface area (Å²) in [6, 6.07) is 16.5. The number of para-hydroxylation sites is 2. The average Bonchev–Trinajstić information content (AvgIpc) is 3.00. The number of nitrogens with one attached hydrogen (secondary N) is 1. The minimum absolute atomic E-state index is 0.144. The first-order valence-corrected chi connectivity index (χ1v) is 10.1. The Morgan fingerprint density at radius 2 is 1.93 bits per heavy atom. The van der Waals surface area contributed by atoms with E-state index in [0.29, 0.717) is 47.8 Å². The number of halogens is 1. The number of carbonyl (C=O) groups is 1. The molecule has 7 heteroatoms. The number of rotatable bonds is 6. The van der Waals surface area contributed by atoms with Gasteiger partial charge < -0.3 is 19.5 Å². The van der Waals surface area contributed by atoms with E-state index in [1.165, 1.54) is 0 Å². The second kappa shape index (κ2) is 9.50. The fraction of sp³-hybridized carbons (Fsp3) is 0.217. The fourth-order valence-electron chi connectivity index (χ4n) is 3.10. The Labute approximate surface area is 179 Å². The maximum Gasteiger partial charge on any atom is 0.228 e. The zero-order chi connectivity index (χ0) is 20.8. The van der Waals surface area contributed by atoms with E-state index in [0.717, 1.165) is 17.7 Å². The van der Waals surface area contributed by atoms with Gasteiger partial charge in [0.1, 0.15) is 12.4 Å². The number of fused-ring (bicyclic) bond motifs is 1. The Bertz CT molecular complexity index is 1030. The summed E-state index contributed by atoms with van der Waals surface area (Å²) in [6.07, 6.45) is 2.65. The number of anilines is 1. The van der Waals surface area contributed by atoms with Gasteiger partial charge >= 0.3 is 0 Å². The molecule has 0 bridgehead atoms. The van der Waals surface area contributed by atoms with E-state index in [4.69, 9.17) is 25.8 Å². The summed E-state index contributed by atoms with van der Waals surface area (Å²) < 4.78 is 17.2. The van der Waals surface area contributed by atoms with E-state index in [2.05, 4.69) is 10.3 Å². The van der Waals surface area contributed by atoms with Crippen LogP contribution in [0.1, 0.15) is 17.7 Å². The normalized spacial score (nSPS) is 12.7. The van der Waals surface area contributed by atoms with Gasteiger partial charge in [-0.15, -0.1) is 0 Å². The third-order valence-corrected chi connectivity index (χ3v) is 4.77. The van der Waals surface area contributed by atoms with Gasteiger partial charge in [-0.1, -0.05) is 29.8 Å². The second-order valence-electron chi connectivity index (χ2n) is 6.79. The average molecular weight is 425 g/mol. The van der Waals surface area contributed by atoms with Crippen molar-refractivity contribution in [1.82, 2.24) is 4.98 Å². The Morgan fingerprint density at radius 3 is 2.80 bits per heavy atom. The Kier molecular flexibility index (Phi) is 6.35. The summed E-state index contributed by atoms with van der Waals surface area (Å²) in [5.41, 5.74) is 2.15. The molecule has 0 unspecified atom stereocenters. The molecule has 1 N–H and O–H groups in total. The molecule has 0 saturated carbocycles. The predicted molar refractivity (Wildman–Crippen MR) is 114 cm³/mol. The largest absolute Gasteiger partial charge is 0.489 e. The molecule has 2 heterocycles. The predicted octanol–water partition coefficient (Wildman–Crippen LogP) is 4.66. The molecule has 0 radical (unpaired) electrons. The molecule has 154 valence electrons. The number of ether oxygens (including phenoxy) is 3. The number of hydrogen-bond acceptors (Lipinski definition) is 5. The summed E-state index contributed by atoms with van der Waals surface area (Å²) >= 11 is 6.33. The molecule has 3 aromatic rings. The number of benzene rings is 2. The first-order chi connectivity index (χ1) is 14.7. The Balaban J connectivity index is 1.43. The summed E-state index contributed by atoms with van der Waals surface area (Å²) in [7, 11) is 0. The quantitative estimate of drug-likeness (QED) is 0.623. The van der Waals surface area contributed by atoms with Crippen LogP contribution < -0.4 is 19.5 Å². The maximum atomic E-state index is 12.7. The van der Waals surface area contributed by atoms with Crippen LogP contribution in [0.15, 0.2) is 60.8 Å². The van der Waals surface area contributed by atoms with Crippen LogP contribution in [0.4, 0.5) is 5.69 Å². The van der Waals surface area contributed by atoms with Crippen molar-refractivity contribution in [3.05, 3.63) is 77.1 Å². The lowest BCUT2D eigenvalue weighted by Gasteiger charge is -2.14. The van der Waals surface area contributed by atoms with E-state index >= 15 is 0 Å². The van der Waals surface area contributed by atoms with Gasteiger partial charge in [-0.25, -0.2) is 0 Å². The van der Waals surface area contributed by atoms with E-state index in [-0.39, 0.29) is 12.3 Å². The van der Waals surface area contributed by atoms with Crippen LogP contribution >= 0.6 is 11.6 Å².